The molecule has 1 aromatic carbocycles. The zero-order valence-electron chi connectivity index (χ0n) is 11.7. The summed E-state index contributed by atoms with van der Waals surface area (Å²) in [4.78, 5) is 0. The van der Waals surface area contributed by atoms with E-state index in [1.165, 1.54) is 0 Å². The van der Waals surface area contributed by atoms with Crippen molar-refractivity contribution >= 4 is 0 Å². The molecule has 0 aliphatic heterocycles. The Kier molecular flexibility index (Phi) is 4.32. The van der Waals surface area contributed by atoms with Gasteiger partial charge in [-0.15, -0.1) is 0 Å². The minimum Gasteiger partial charge on any atom is -0.305 e. The van der Waals surface area contributed by atoms with Crippen LogP contribution < -0.4 is 5.32 Å². The molecule has 2 aromatic rings. The molecule has 0 radical (unpaired) electrons. The minimum atomic E-state index is -0.193. The summed E-state index contributed by atoms with van der Waals surface area (Å²) in [6, 6.07) is 7.07. The van der Waals surface area contributed by atoms with Gasteiger partial charge in [0.15, 0.2) is 0 Å². The van der Waals surface area contributed by atoms with Crippen molar-refractivity contribution in [1.29, 1.82) is 0 Å². The molecular weight excluding hydrogens is 241 g/mol. The van der Waals surface area contributed by atoms with Gasteiger partial charge in [-0.05, 0) is 37.6 Å². The van der Waals surface area contributed by atoms with Gasteiger partial charge in [-0.25, -0.2) is 4.39 Å². The van der Waals surface area contributed by atoms with Crippen LogP contribution in [0.5, 0.6) is 0 Å². The Hall–Kier alpha value is -1.68. The molecule has 102 valence electrons. The second-order valence-electron chi connectivity index (χ2n) is 4.83. The number of hydrogen-bond donors (Lipinski definition) is 1. The number of aromatic nitrogens is 2. The van der Waals surface area contributed by atoms with Crippen molar-refractivity contribution < 1.29 is 4.39 Å². The normalized spacial score (nSPS) is 12.6. The van der Waals surface area contributed by atoms with Gasteiger partial charge in [-0.1, -0.05) is 19.1 Å². The molecule has 3 nitrogen and oxygen atoms in total. The zero-order chi connectivity index (χ0) is 13.8. The lowest BCUT2D eigenvalue weighted by atomic mass is 10.0. The van der Waals surface area contributed by atoms with Crippen molar-refractivity contribution in [1.82, 2.24) is 15.1 Å². The molecule has 4 heteroatoms. The van der Waals surface area contributed by atoms with Crippen molar-refractivity contribution in [3.05, 3.63) is 53.1 Å². The van der Waals surface area contributed by atoms with Crippen LogP contribution in [-0.4, -0.2) is 16.3 Å². The SMILES string of the molecule is CCCNC(c1ccn(C)n1)c1ccc(C)cc1F. The van der Waals surface area contributed by atoms with Crippen LogP contribution in [0.4, 0.5) is 4.39 Å². The van der Waals surface area contributed by atoms with E-state index in [0.717, 1.165) is 24.2 Å². The summed E-state index contributed by atoms with van der Waals surface area (Å²) in [6.45, 7) is 4.81. The second-order valence-corrected chi connectivity index (χ2v) is 4.83. The van der Waals surface area contributed by atoms with Crippen LogP contribution in [0, 0.1) is 12.7 Å². The van der Waals surface area contributed by atoms with E-state index in [0.29, 0.717) is 5.56 Å². The Balaban J connectivity index is 2.36. The summed E-state index contributed by atoms with van der Waals surface area (Å²) < 4.78 is 15.9. The highest BCUT2D eigenvalue weighted by atomic mass is 19.1. The zero-order valence-corrected chi connectivity index (χ0v) is 11.7. The Morgan fingerprint density at radius 1 is 1.37 bits per heavy atom. The smallest absolute Gasteiger partial charge is 0.128 e. The maximum Gasteiger partial charge on any atom is 0.128 e. The third-order valence-electron chi connectivity index (χ3n) is 3.10. The number of rotatable bonds is 5. The Morgan fingerprint density at radius 2 is 2.16 bits per heavy atom. The number of nitrogens with zero attached hydrogens (tertiary/aromatic N) is 2. The van der Waals surface area contributed by atoms with Crippen LogP contribution in [0.1, 0.15) is 36.2 Å². The summed E-state index contributed by atoms with van der Waals surface area (Å²) in [5.74, 6) is -0.181. The van der Waals surface area contributed by atoms with Crippen LogP contribution in [-0.2, 0) is 7.05 Å². The van der Waals surface area contributed by atoms with Crippen molar-refractivity contribution in [3.63, 3.8) is 0 Å². The molecule has 0 bridgehead atoms. The van der Waals surface area contributed by atoms with Gasteiger partial charge in [0.2, 0.25) is 0 Å². The average molecular weight is 261 g/mol. The molecule has 0 aliphatic carbocycles. The molecule has 0 spiro atoms. The summed E-state index contributed by atoms with van der Waals surface area (Å²) in [5, 5.41) is 7.75. The highest BCUT2D eigenvalue weighted by molar-refractivity contribution is 5.31. The van der Waals surface area contributed by atoms with Gasteiger partial charge >= 0.3 is 0 Å². The third-order valence-corrected chi connectivity index (χ3v) is 3.10. The first kappa shape index (κ1) is 13.7. The Labute approximate surface area is 113 Å². The van der Waals surface area contributed by atoms with Gasteiger partial charge in [-0.3, -0.25) is 4.68 Å². The van der Waals surface area contributed by atoms with Gasteiger partial charge in [0.1, 0.15) is 5.82 Å². The molecule has 1 atom stereocenters. The first-order valence-electron chi connectivity index (χ1n) is 6.60. The molecule has 1 aromatic heterocycles. The van der Waals surface area contributed by atoms with Crippen LogP contribution in [0.25, 0.3) is 0 Å². The van der Waals surface area contributed by atoms with E-state index in [2.05, 4.69) is 17.3 Å². The monoisotopic (exact) mass is 261 g/mol. The first-order valence-corrected chi connectivity index (χ1v) is 6.60. The van der Waals surface area contributed by atoms with E-state index in [-0.39, 0.29) is 11.9 Å². The molecule has 0 amide bonds. The lowest BCUT2D eigenvalue weighted by Crippen LogP contribution is -2.24. The molecule has 0 saturated carbocycles. The van der Waals surface area contributed by atoms with Gasteiger partial charge in [0.25, 0.3) is 0 Å². The van der Waals surface area contributed by atoms with Crippen LogP contribution in [0.15, 0.2) is 30.5 Å². The average Bonchev–Trinajstić information content (AvgIpc) is 2.78. The van der Waals surface area contributed by atoms with Crippen LogP contribution in [0.3, 0.4) is 0 Å². The lowest BCUT2D eigenvalue weighted by Gasteiger charge is -2.18. The quantitative estimate of drug-likeness (QED) is 0.896. The molecule has 0 saturated heterocycles. The van der Waals surface area contributed by atoms with E-state index in [9.17, 15) is 4.39 Å². The largest absolute Gasteiger partial charge is 0.305 e. The van der Waals surface area contributed by atoms with E-state index >= 15 is 0 Å². The molecule has 2 rings (SSSR count). The molecular formula is C15H20FN3. The Bertz CT molecular complexity index is 548. The highest BCUT2D eigenvalue weighted by Crippen LogP contribution is 2.24. The fourth-order valence-electron chi connectivity index (χ4n) is 2.12. The number of benzene rings is 1. The number of aryl methyl sites for hydroxylation is 2. The molecule has 1 N–H and O–H groups in total. The topological polar surface area (TPSA) is 29.9 Å². The van der Waals surface area contributed by atoms with E-state index < -0.39 is 0 Å². The van der Waals surface area contributed by atoms with E-state index in [1.54, 1.807) is 10.7 Å². The predicted octanol–water partition coefficient (Wildman–Crippen LogP) is 2.96. The fraction of sp³-hybridized carbons (Fsp3) is 0.400. The predicted molar refractivity (Wildman–Crippen MR) is 74.5 cm³/mol. The molecule has 0 aliphatic rings. The molecule has 19 heavy (non-hydrogen) atoms. The number of nitrogens with one attached hydrogen (secondary N) is 1. The fourth-order valence-corrected chi connectivity index (χ4v) is 2.12. The summed E-state index contributed by atoms with van der Waals surface area (Å²) in [6.07, 6.45) is 2.87. The van der Waals surface area contributed by atoms with E-state index in [1.807, 2.05) is 38.4 Å². The molecule has 1 heterocycles. The second kappa shape index (κ2) is 5.97. The van der Waals surface area contributed by atoms with Gasteiger partial charge in [-0.2, -0.15) is 5.10 Å². The third kappa shape index (κ3) is 3.20. The Morgan fingerprint density at radius 3 is 2.74 bits per heavy atom. The van der Waals surface area contributed by atoms with Crippen LogP contribution >= 0.6 is 0 Å². The maximum absolute atomic E-state index is 14.1. The van der Waals surface area contributed by atoms with Crippen LogP contribution in [0.2, 0.25) is 0 Å². The standard InChI is InChI=1S/C15H20FN3/c1-4-8-17-15(14-7-9-19(3)18-14)12-6-5-11(2)10-13(12)16/h5-7,9-10,15,17H,4,8H2,1-3H3. The summed E-state index contributed by atoms with van der Waals surface area (Å²) in [5.41, 5.74) is 2.42. The lowest BCUT2D eigenvalue weighted by molar-refractivity contribution is 0.533. The first-order chi connectivity index (χ1) is 9.11. The molecule has 1 unspecified atom stereocenters. The van der Waals surface area contributed by atoms with Crippen molar-refractivity contribution in [2.75, 3.05) is 6.54 Å². The van der Waals surface area contributed by atoms with Crippen molar-refractivity contribution in [2.45, 2.75) is 26.3 Å². The number of hydrogen-bond acceptors (Lipinski definition) is 2. The molecule has 0 fully saturated rings. The number of halogens is 1. The van der Waals surface area contributed by atoms with Crippen molar-refractivity contribution in [3.8, 4) is 0 Å². The van der Waals surface area contributed by atoms with E-state index in [4.69, 9.17) is 0 Å². The highest BCUT2D eigenvalue weighted by Gasteiger charge is 2.19. The van der Waals surface area contributed by atoms with Crippen molar-refractivity contribution in [2.24, 2.45) is 7.05 Å². The summed E-state index contributed by atoms with van der Waals surface area (Å²) >= 11 is 0. The van der Waals surface area contributed by atoms with Gasteiger partial charge < -0.3 is 5.32 Å². The minimum absolute atomic E-state index is 0.181. The summed E-state index contributed by atoms with van der Waals surface area (Å²) in [7, 11) is 1.87. The maximum atomic E-state index is 14.1. The van der Waals surface area contributed by atoms with Gasteiger partial charge in [0, 0.05) is 18.8 Å². The van der Waals surface area contributed by atoms with Gasteiger partial charge in [0.05, 0.1) is 11.7 Å².